The van der Waals surface area contributed by atoms with E-state index in [1.165, 1.54) is 0 Å². The quantitative estimate of drug-likeness (QED) is 0.348. The predicted octanol–water partition coefficient (Wildman–Crippen LogP) is 5.00. The molecule has 0 saturated heterocycles. The van der Waals surface area contributed by atoms with E-state index in [-0.39, 0.29) is 23.1 Å². The van der Waals surface area contributed by atoms with E-state index in [1.807, 2.05) is 84.9 Å². The van der Waals surface area contributed by atoms with Crippen LogP contribution in [0.1, 0.15) is 28.4 Å². The molecule has 0 aliphatic carbocycles. The Morgan fingerprint density at radius 2 is 1.38 bits per heavy atom. The molecule has 2 aliphatic rings. The molecular formula is C32H28N2O4S. The number of rotatable bonds is 6. The topological polar surface area (TPSA) is 76.0 Å². The lowest BCUT2D eigenvalue weighted by Crippen LogP contribution is -2.50. The lowest BCUT2D eigenvalue weighted by atomic mass is 9.82. The fourth-order valence-corrected chi connectivity index (χ4v) is 6.68. The van der Waals surface area contributed by atoms with Crippen molar-refractivity contribution in [2.75, 3.05) is 12.3 Å². The number of amides is 1. The average molecular weight is 537 g/mol. The molecule has 1 amide bonds. The molecule has 39 heavy (non-hydrogen) atoms. The molecule has 196 valence electrons. The van der Waals surface area contributed by atoms with E-state index >= 15 is 0 Å². The van der Waals surface area contributed by atoms with Crippen molar-refractivity contribution in [1.82, 2.24) is 4.90 Å². The summed E-state index contributed by atoms with van der Waals surface area (Å²) in [5.74, 6) is -0.0107. The summed E-state index contributed by atoms with van der Waals surface area (Å²) in [7, 11) is -3.59. The molecule has 2 heterocycles. The maximum Gasteiger partial charge on any atom is 0.255 e. The number of carbonyl (C=O) groups excluding carboxylic acids is 1. The third kappa shape index (κ3) is 4.74. The minimum atomic E-state index is -3.59. The number of benzene rings is 4. The van der Waals surface area contributed by atoms with Crippen LogP contribution in [0.4, 0.5) is 0 Å². The molecule has 0 unspecified atom stereocenters. The van der Waals surface area contributed by atoms with Crippen LogP contribution in [0.5, 0.6) is 0 Å². The second-order valence-electron chi connectivity index (χ2n) is 9.92. The van der Waals surface area contributed by atoms with Gasteiger partial charge in [-0.25, -0.2) is 13.4 Å². The van der Waals surface area contributed by atoms with Gasteiger partial charge in [-0.05, 0) is 41.0 Å². The molecule has 0 radical (unpaired) electrons. The Morgan fingerprint density at radius 3 is 2.08 bits per heavy atom. The largest absolute Gasteiger partial charge is 0.466 e. The van der Waals surface area contributed by atoms with Crippen molar-refractivity contribution in [3.8, 4) is 0 Å². The number of fused-ring (bicyclic) bond motifs is 1. The second kappa shape index (κ2) is 10.2. The summed E-state index contributed by atoms with van der Waals surface area (Å²) in [5.41, 5.74) is 2.34. The standard InChI is InChI=1S/C32H28N2O4S/c35-31-32(29(24-12-4-1-5-13-24)38-30(33-32)25-14-6-2-7-15-25)22-26-16-10-11-17-27(26)23-34(31)20-21-39(36,37)28-18-8-3-9-19-28/h1-19,29H,20-23H2/t29-,32-/m0/s1. The van der Waals surface area contributed by atoms with Crippen LogP contribution < -0.4 is 0 Å². The number of aliphatic imine (C=N–C) groups is 1. The summed E-state index contributed by atoms with van der Waals surface area (Å²) >= 11 is 0. The van der Waals surface area contributed by atoms with Crippen LogP contribution in [0.25, 0.3) is 0 Å². The molecule has 2 atom stereocenters. The van der Waals surface area contributed by atoms with Gasteiger partial charge in [0.15, 0.2) is 21.5 Å². The van der Waals surface area contributed by atoms with Gasteiger partial charge >= 0.3 is 0 Å². The molecule has 0 fully saturated rings. The van der Waals surface area contributed by atoms with Gasteiger partial charge in [-0.15, -0.1) is 0 Å². The van der Waals surface area contributed by atoms with Crippen molar-refractivity contribution in [2.24, 2.45) is 4.99 Å². The van der Waals surface area contributed by atoms with Gasteiger partial charge in [0.2, 0.25) is 5.90 Å². The minimum Gasteiger partial charge on any atom is -0.466 e. The van der Waals surface area contributed by atoms with Gasteiger partial charge < -0.3 is 9.64 Å². The molecule has 0 N–H and O–H groups in total. The first-order chi connectivity index (χ1) is 19.0. The summed E-state index contributed by atoms with van der Waals surface area (Å²) in [6, 6.07) is 35.5. The molecule has 0 aromatic heterocycles. The van der Waals surface area contributed by atoms with Crippen molar-refractivity contribution >= 4 is 21.6 Å². The fraction of sp³-hybridized carbons (Fsp3) is 0.188. The third-order valence-corrected chi connectivity index (χ3v) is 9.13. The van der Waals surface area contributed by atoms with Gasteiger partial charge in [-0.2, -0.15) is 0 Å². The van der Waals surface area contributed by atoms with E-state index in [2.05, 4.69) is 0 Å². The van der Waals surface area contributed by atoms with E-state index in [1.54, 1.807) is 35.2 Å². The second-order valence-corrected chi connectivity index (χ2v) is 12.0. The van der Waals surface area contributed by atoms with E-state index < -0.39 is 21.5 Å². The van der Waals surface area contributed by atoms with E-state index in [9.17, 15) is 13.2 Å². The monoisotopic (exact) mass is 536 g/mol. The van der Waals surface area contributed by atoms with Gasteiger partial charge in [-0.1, -0.05) is 91.0 Å². The third-order valence-electron chi connectivity index (χ3n) is 7.42. The van der Waals surface area contributed by atoms with Gasteiger partial charge in [0, 0.05) is 25.1 Å². The molecule has 6 rings (SSSR count). The van der Waals surface area contributed by atoms with E-state index in [4.69, 9.17) is 9.73 Å². The Hall–Kier alpha value is -4.23. The van der Waals surface area contributed by atoms with Crippen LogP contribution in [0.15, 0.2) is 125 Å². The highest BCUT2D eigenvalue weighted by Crippen LogP contribution is 2.45. The van der Waals surface area contributed by atoms with Crippen LogP contribution in [-0.4, -0.2) is 43.0 Å². The van der Waals surface area contributed by atoms with Crippen LogP contribution in [0, 0.1) is 0 Å². The highest BCUT2D eigenvalue weighted by molar-refractivity contribution is 7.91. The molecule has 1 spiro atoms. The fourth-order valence-electron chi connectivity index (χ4n) is 5.41. The minimum absolute atomic E-state index is 0.0455. The lowest BCUT2D eigenvalue weighted by molar-refractivity contribution is -0.139. The van der Waals surface area contributed by atoms with Crippen LogP contribution >= 0.6 is 0 Å². The van der Waals surface area contributed by atoms with Crippen LogP contribution in [0.3, 0.4) is 0 Å². The van der Waals surface area contributed by atoms with E-state index in [0.29, 0.717) is 18.9 Å². The number of nitrogens with zero attached hydrogens (tertiary/aromatic N) is 2. The van der Waals surface area contributed by atoms with Crippen molar-refractivity contribution in [2.45, 2.75) is 29.5 Å². The van der Waals surface area contributed by atoms with Crippen molar-refractivity contribution in [1.29, 1.82) is 0 Å². The highest BCUT2D eigenvalue weighted by Gasteiger charge is 2.56. The SMILES string of the molecule is O=C1N(CCS(=O)(=O)c2ccccc2)Cc2ccccc2C[C@@]12N=C(c1ccccc1)O[C@H]2c1ccccc1. The summed E-state index contributed by atoms with van der Waals surface area (Å²) in [4.78, 5) is 21.5. The number of hydrogen-bond donors (Lipinski definition) is 0. The molecule has 4 aromatic rings. The molecule has 0 bridgehead atoms. The smallest absolute Gasteiger partial charge is 0.255 e. The molecule has 4 aromatic carbocycles. The Kier molecular flexibility index (Phi) is 6.53. The van der Waals surface area contributed by atoms with Gasteiger partial charge in [-0.3, -0.25) is 4.79 Å². The lowest BCUT2D eigenvalue weighted by Gasteiger charge is -2.33. The van der Waals surface area contributed by atoms with Crippen molar-refractivity contribution in [3.63, 3.8) is 0 Å². The van der Waals surface area contributed by atoms with E-state index in [0.717, 1.165) is 22.3 Å². The normalized spacial score (nSPS) is 20.7. The molecular weight excluding hydrogens is 508 g/mol. The number of hydrogen-bond acceptors (Lipinski definition) is 5. The first kappa shape index (κ1) is 25.1. The Balaban J connectivity index is 1.45. The number of carbonyl (C=O) groups is 1. The molecule has 0 saturated carbocycles. The first-order valence-corrected chi connectivity index (χ1v) is 14.6. The number of sulfone groups is 1. The average Bonchev–Trinajstić information content (AvgIpc) is 3.32. The number of ether oxygens (including phenoxy) is 1. The zero-order valence-corrected chi connectivity index (χ0v) is 22.1. The molecule has 7 heteroatoms. The maximum absolute atomic E-state index is 14.6. The highest BCUT2D eigenvalue weighted by atomic mass is 32.2. The molecule has 6 nitrogen and oxygen atoms in total. The van der Waals surface area contributed by atoms with Crippen molar-refractivity contribution < 1.29 is 17.9 Å². The van der Waals surface area contributed by atoms with Gasteiger partial charge in [0.1, 0.15) is 0 Å². The Morgan fingerprint density at radius 1 is 0.795 bits per heavy atom. The molecule has 2 aliphatic heterocycles. The summed E-state index contributed by atoms with van der Waals surface area (Å²) in [6.45, 7) is 0.350. The van der Waals surface area contributed by atoms with Crippen LogP contribution in [0.2, 0.25) is 0 Å². The summed E-state index contributed by atoms with van der Waals surface area (Å²) in [6.07, 6.45) is -0.319. The van der Waals surface area contributed by atoms with Crippen LogP contribution in [-0.2, 0) is 32.3 Å². The summed E-state index contributed by atoms with van der Waals surface area (Å²) < 4.78 is 32.8. The Bertz CT molecular complexity index is 1620. The zero-order chi connectivity index (χ0) is 26.9. The Labute approximate surface area is 228 Å². The van der Waals surface area contributed by atoms with Gasteiger partial charge in [0.05, 0.1) is 10.6 Å². The van der Waals surface area contributed by atoms with Crippen molar-refractivity contribution in [3.05, 3.63) is 138 Å². The predicted molar refractivity (Wildman–Crippen MR) is 150 cm³/mol. The first-order valence-electron chi connectivity index (χ1n) is 13.0. The van der Waals surface area contributed by atoms with Gasteiger partial charge in [0.25, 0.3) is 5.91 Å². The summed E-state index contributed by atoms with van der Waals surface area (Å²) in [5, 5.41) is 0. The maximum atomic E-state index is 14.6. The zero-order valence-electron chi connectivity index (χ0n) is 21.3.